The average molecular weight is 410 g/mol. The van der Waals surface area contributed by atoms with E-state index in [1.807, 2.05) is 63.2 Å². The van der Waals surface area contributed by atoms with E-state index in [9.17, 15) is 9.59 Å². The molecule has 6 heteroatoms. The number of nitrogens with one attached hydrogen (secondary N) is 1. The lowest BCUT2D eigenvalue weighted by Gasteiger charge is -2.11. The first kappa shape index (κ1) is 20.2. The molecule has 3 aromatic rings. The third-order valence-corrected chi connectivity index (χ3v) is 5.45. The van der Waals surface area contributed by atoms with Crippen molar-refractivity contribution in [3.63, 3.8) is 0 Å². The summed E-state index contributed by atoms with van der Waals surface area (Å²) in [6, 6.07) is 18.8. The fourth-order valence-electron chi connectivity index (χ4n) is 3.76. The van der Waals surface area contributed by atoms with Gasteiger partial charge in [0.25, 0.3) is 5.91 Å². The summed E-state index contributed by atoms with van der Waals surface area (Å²) in [7, 11) is 0. The van der Waals surface area contributed by atoms with Crippen molar-refractivity contribution in [3.05, 3.63) is 93.9 Å². The number of imide groups is 1. The van der Waals surface area contributed by atoms with Crippen LogP contribution in [-0.2, 0) is 11.3 Å². The maximum atomic E-state index is 12.9. The summed E-state index contributed by atoms with van der Waals surface area (Å²) in [4.78, 5) is 26.5. The summed E-state index contributed by atoms with van der Waals surface area (Å²) in [5.41, 5.74) is 6.59. The average Bonchev–Trinajstić information content (AvgIpc) is 3.19. The van der Waals surface area contributed by atoms with Crippen LogP contribution in [0.25, 0.3) is 11.8 Å². The molecule has 2 aromatic carbocycles. The number of carbonyl (C=O) groups excluding carboxylic acids is 2. The number of rotatable bonds is 4. The van der Waals surface area contributed by atoms with E-state index in [1.165, 1.54) is 4.90 Å². The van der Waals surface area contributed by atoms with Crippen LogP contribution >= 0.6 is 0 Å². The minimum absolute atomic E-state index is 0.229. The number of nitrogens with zero attached hydrogens (tertiary/aromatic N) is 3. The Balaban J connectivity index is 1.61. The van der Waals surface area contributed by atoms with Crippen molar-refractivity contribution in [2.75, 3.05) is 0 Å². The van der Waals surface area contributed by atoms with E-state index >= 15 is 0 Å². The number of amides is 3. The topological polar surface area (TPSA) is 78.1 Å². The minimum Gasteiger partial charge on any atom is -0.318 e. The van der Waals surface area contributed by atoms with Gasteiger partial charge in [-0.3, -0.25) is 9.69 Å². The summed E-state index contributed by atoms with van der Waals surface area (Å²) in [6.07, 6.45) is 1.72. The molecule has 0 saturated carbocycles. The highest BCUT2D eigenvalue weighted by molar-refractivity contribution is 6.14. The molecule has 2 heterocycles. The van der Waals surface area contributed by atoms with E-state index in [4.69, 9.17) is 5.26 Å². The van der Waals surface area contributed by atoms with Crippen LogP contribution in [0.15, 0.2) is 60.3 Å². The van der Waals surface area contributed by atoms with Gasteiger partial charge >= 0.3 is 6.03 Å². The van der Waals surface area contributed by atoms with Crippen LogP contribution in [0.4, 0.5) is 4.79 Å². The highest BCUT2D eigenvalue weighted by Crippen LogP contribution is 2.24. The zero-order chi connectivity index (χ0) is 22.1. The van der Waals surface area contributed by atoms with Crippen molar-refractivity contribution in [1.29, 1.82) is 5.26 Å². The number of aryl methyl sites for hydroxylation is 2. The lowest BCUT2D eigenvalue weighted by Crippen LogP contribution is -2.30. The molecule has 0 spiro atoms. The monoisotopic (exact) mass is 410 g/mol. The van der Waals surface area contributed by atoms with Crippen LogP contribution in [0, 0.1) is 32.1 Å². The van der Waals surface area contributed by atoms with Crippen molar-refractivity contribution in [2.45, 2.75) is 27.3 Å². The molecule has 0 radical (unpaired) electrons. The fourth-order valence-corrected chi connectivity index (χ4v) is 3.76. The van der Waals surface area contributed by atoms with E-state index in [1.54, 1.807) is 18.2 Å². The number of nitriles is 1. The first-order valence-corrected chi connectivity index (χ1v) is 9.97. The molecule has 0 aliphatic carbocycles. The Labute approximate surface area is 181 Å². The molecule has 31 heavy (non-hydrogen) atoms. The lowest BCUT2D eigenvalue weighted by atomic mass is 10.1. The second-order valence-corrected chi connectivity index (χ2v) is 7.69. The van der Waals surface area contributed by atoms with E-state index < -0.39 is 6.03 Å². The van der Waals surface area contributed by atoms with E-state index in [0.717, 1.165) is 33.8 Å². The molecular formula is C25H22N4O2. The van der Waals surface area contributed by atoms with E-state index in [-0.39, 0.29) is 18.1 Å². The molecule has 1 fully saturated rings. The van der Waals surface area contributed by atoms with Gasteiger partial charge in [0.1, 0.15) is 5.70 Å². The lowest BCUT2D eigenvalue weighted by molar-refractivity contribution is -0.123. The van der Waals surface area contributed by atoms with Gasteiger partial charge in [-0.1, -0.05) is 29.8 Å². The maximum absolute atomic E-state index is 12.9. The predicted molar refractivity (Wildman–Crippen MR) is 118 cm³/mol. The highest BCUT2D eigenvalue weighted by Gasteiger charge is 2.33. The molecule has 1 N–H and O–H groups in total. The summed E-state index contributed by atoms with van der Waals surface area (Å²) < 4.78 is 2.05. The Kier molecular flexibility index (Phi) is 5.18. The zero-order valence-electron chi connectivity index (χ0n) is 17.6. The van der Waals surface area contributed by atoms with Crippen molar-refractivity contribution in [2.24, 2.45) is 0 Å². The van der Waals surface area contributed by atoms with Crippen LogP contribution < -0.4 is 5.32 Å². The molecule has 0 atom stereocenters. The van der Waals surface area contributed by atoms with E-state index in [2.05, 4.69) is 16.0 Å². The Hall–Kier alpha value is -4.11. The van der Waals surface area contributed by atoms with Gasteiger partial charge in [-0.25, -0.2) is 4.79 Å². The van der Waals surface area contributed by atoms with Gasteiger partial charge in [0.05, 0.1) is 18.2 Å². The third kappa shape index (κ3) is 3.86. The Morgan fingerprint density at radius 2 is 1.68 bits per heavy atom. The fraction of sp³-hybridized carbons (Fsp3) is 0.160. The van der Waals surface area contributed by atoms with Crippen LogP contribution in [0.5, 0.6) is 0 Å². The molecule has 0 unspecified atom stereocenters. The van der Waals surface area contributed by atoms with Crippen LogP contribution in [0.2, 0.25) is 0 Å². The maximum Gasteiger partial charge on any atom is 0.329 e. The van der Waals surface area contributed by atoms with Crippen molar-refractivity contribution in [1.82, 2.24) is 14.8 Å². The van der Waals surface area contributed by atoms with Crippen molar-refractivity contribution in [3.8, 4) is 11.8 Å². The van der Waals surface area contributed by atoms with Gasteiger partial charge in [0.2, 0.25) is 0 Å². The number of aromatic nitrogens is 1. The third-order valence-electron chi connectivity index (χ3n) is 5.45. The SMILES string of the molecule is Cc1ccc(CN2C(=O)N/C(=C\c3cc(C)n(-c4ccc(C#N)cc4)c3C)C2=O)cc1. The van der Waals surface area contributed by atoms with Gasteiger partial charge in [-0.05, 0) is 68.3 Å². The quantitative estimate of drug-likeness (QED) is 0.513. The Morgan fingerprint density at radius 1 is 1.00 bits per heavy atom. The Bertz CT molecular complexity index is 1240. The molecule has 1 aliphatic rings. The predicted octanol–water partition coefficient (Wildman–Crippen LogP) is 4.37. The molecule has 154 valence electrons. The molecular weight excluding hydrogens is 388 g/mol. The van der Waals surface area contributed by atoms with Crippen LogP contribution in [0.1, 0.15) is 33.6 Å². The Morgan fingerprint density at radius 3 is 2.32 bits per heavy atom. The van der Waals surface area contributed by atoms with Crippen LogP contribution in [0.3, 0.4) is 0 Å². The molecule has 1 aromatic heterocycles. The number of carbonyl (C=O) groups is 2. The largest absolute Gasteiger partial charge is 0.329 e. The van der Waals surface area contributed by atoms with E-state index in [0.29, 0.717) is 5.56 Å². The second kappa shape index (κ2) is 7.96. The standard InChI is InChI=1S/C25H22N4O2/c1-16-4-6-20(7-5-16)15-28-24(30)23(27-25(28)31)13-21-12-17(2)29(18(21)3)22-10-8-19(14-26)9-11-22/h4-13H,15H2,1-3H3,(H,27,31)/b23-13-. The number of benzene rings is 2. The molecule has 3 amide bonds. The van der Waals surface area contributed by atoms with Crippen LogP contribution in [-0.4, -0.2) is 21.4 Å². The molecule has 0 bridgehead atoms. The molecule has 6 nitrogen and oxygen atoms in total. The smallest absolute Gasteiger partial charge is 0.318 e. The normalized spacial score (nSPS) is 14.8. The second-order valence-electron chi connectivity index (χ2n) is 7.69. The number of hydrogen-bond acceptors (Lipinski definition) is 3. The summed E-state index contributed by atoms with van der Waals surface area (Å²) in [5, 5.41) is 11.7. The van der Waals surface area contributed by atoms with Crippen molar-refractivity contribution < 1.29 is 9.59 Å². The van der Waals surface area contributed by atoms with Gasteiger partial charge in [0.15, 0.2) is 0 Å². The number of urea groups is 1. The summed E-state index contributed by atoms with van der Waals surface area (Å²) in [6.45, 7) is 6.16. The van der Waals surface area contributed by atoms with Gasteiger partial charge in [0, 0.05) is 17.1 Å². The van der Waals surface area contributed by atoms with Crippen molar-refractivity contribution >= 4 is 18.0 Å². The zero-order valence-corrected chi connectivity index (χ0v) is 17.6. The van der Waals surface area contributed by atoms with Gasteiger partial charge in [-0.2, -0.15) is 5.26 Å². The number of hydrogen-bond donors (Lipinski definition) is 1. The first-order chi connectivity index (χ1) is 14.9. The molecule has 4 rings (SSSR count). The molecule has 1 saturated heterocycles. The first-order valence-electron chi connectivity index (χ1n) is 9.97. The summed E-state index contributed by atoms with van der Waals surface area (Å²) >= 11 is 0. The molecule has 1 aliphatic heterocycles. The minimum atomic E-state index is -0.419. The summed E-state index contributed by atoms with van der Waals surface area (Å²) in [5.74, 6) is -0.339. The highest BCUT2D eigenvalue weighted by atomic mass is 16.2. The van der Waals surface area contributed by atoms with Gasteiger partial charge in [-0.15, -0.1) is 0 Å². The van der Waals surface area contributed by atoms with Gasteiger partial charge < -0.3 is 9.88 Å².